The first-order chi connectivity index (χ1) is 15.5. The zero-order valence-electron chi connectivity index (χ0n) is 17.0. The van der Waals surface area contributed by atoms with Crippen molar-refractivity contribution < 1.29 is 24.4 Å². The van der Waals surface area contributed by atoms with Crippen molar-refractivity contribution in [1.29, 1.82) is 0 Å². The minimum atomic E-state index is -0.589. The standard InChI is InChI=1S/C23H21N4O5/c24-23(29)21-11-15(18-3-1-2-4-19(18)25-21)13-31-16-7-5-14(6-8-16)20-12-17(32-27-20)9-10-22(28)26-30/h1-9,11,17,30H,10,12-13H2,(H2,24,29)(H,26,28). The molecule has 2 aromatic carbocycles. The monoisotopic (exact) mass is 433 g/mol. The van der Waals surface area contributed by atoms with E-state index in [0.29, 0.717) is 17.7 Å². The number of carbonyl (C=O) groups excluding carboxylic acids is 2. The molecule has 32 heavy (non-hydrogen) atoms. The molecule has 1 aliphatic rings. The summed E-state index contributed by atoms with van der Waals surface area (Å²) in [4.78, 5) is 32.3. The van der Waals surface area contributed by atoms with E-state index < -0.39 is 11.8 Å². The Kier molecular flexibility index (Phi) is 6.27. The number of benzene rings is 2. The van der Waals surface area contributed by atoms with E-state index in [2.05, 4.69) is 10.1 Å². The molecule has 0 aliphatic carbocycles. The van der Waals surface area contributed by atoms with Crippen LogP contribution in [0.5, 0.6) is 5.75 Å². The van der Waals surface area contributed by atoms with Gasteiger partial charge in [-0.05, 0) is 42.0 Å². The topological polar surface area (TPSA) is 136 Å². The van der Waals surface area contributed by atoms with Crippen molar-refractivity contribution in [2.75, 3.05) is 0 Å². The molecule has 0 fully saturated rings. The fraction of sp³-hybridized carbons (Fsp3) is 0.174. The van der Waals surface area contributed by atoms with E-state index in [4.69, 9.17) is 20.5 Å². The lowest BCUT2D eigenvalue weighted by Gasteiger charge is -2.11. The first-order valence-corrected chi connectivity index (χ1v) is 9.94. The van der Waals surface area contributed by atoms with Gasteiger partial charge in [0.15, 0.2) is 0 Å². The van der Waals surface area contributed by atoms with Crippen molar-refractivity contribution in [3.63, 3.8) is 0 Å². The second kappa shape index (κ2) is 9.44. The molecule has 2 amide bonds. The summed E-state index contributed by atoms with van der Waals surface area (Å²) in [6.07, 6.45) is 1.90. The van der Waals surface area contributed by atoms with E-state index in [0.717, 1.165) is 22.2 Å². The Labute approximate surface area is 183 Å². The number of pyridine rings is 1. The van der Waals surface area contributed by atoms with E-state index in [9.17, 15) is 9.59 Å². The maximum atomic E-state index is 11.6. The highest BCUT2D eigenvalue weighted by atomic mass is 16.6. The molecule has 1 unspecified atom stereocenters. The number of fused-ring (bicyclic) bond motifs is 1. The van der Waals surface area contributed by atoms with Crippen LogP contribution in [0.4, 0.5) is 0 Å². The molecule has 2 heterocycles. The molecule has 9 heteroatoms. The smallest absolute Gasteiger partial charge is 0.267 e. The molecule has 163 valence electrons. The number of hydrogen-bond acceptors (Lipinski definition) is 7. The number of primary amides is 1. The van der Waals surface area contributed by atoms with Crippen LogP contribution in [0.25, 0.3) is 10.9 Å². The number of aromatic nitrogens is 1. The molecule has 0 spiro atoms. The van der Waals surface area contributed by atoms with Crippen molar-refractivity contribution >= 4 is 28.4 Å². The number of hydrogen-bond donors (Lipinski definition) is 3. The predicted octanol–water partition coefficient (Wildman–Crippen LogP) is 2.51. The van der Waals surface area contributed by atoms with Gasteiger partial charge < -0.3 is 15.3 Å². The Morgan fingerprint density at radius 3 is 2.75 bits per heavy atom. The maximum Gasteiger partial charge on any atom is 0.267 e. The number of nitrogens with zero attached hydrogens (tertiary/aromatic N) is 2. The summed E-state index contributed by atoms with van der Waals surface area (Å²) in [6, 6.07) is 16.5. The first-order valence-electron chi connectivity index (χ1n) is 9.94. The average Bonchev–Trinajstić information content (AvgIpc) is 3.30. The summed E-state index contributed by atoms with van der Waals surface area (Å²) in [6.45, 7) is 0.247. The van der Waals surface area contributed by atoms with Crippen molar-refractivity contribution in [1.82, 2.24) is 10.5 Å². The molecule has 0 saturated heterocycles. The molecule has 0 bridgehead atoms. The van der Waals surface area contributed by atoms with E-state index in [-0.39, 0.29) is 24.8 Å². The molecule has 4 rings (SSSR count). The van der Waals surface area contributed by atoms with Crippen molar-refractivity contribution in [2.45, 2.75) is 25.6 Å². The fourth-order valence-electron chi connectivity index (χ4n) is 3.38. The van der Waals surface area contributed by atoms with Crippen LogP contribution < -0.4 is 16.0 Å². The summed E-state index contributed by atoms with van der Waals surface area (Å²) < 4.78 is 5.93. The average molecular weight is 433 g/mol. The molecule has 1 aromatic heterocycles. The maximum absolute atomic E-state index is 11.6. The van der Waals surface area contributed by atoms with Crippen molar-refractivity contribution in [3.8, 4) is 5.75 Å². The van der Waals surface area contributed by atoms with Crippen LogP contribution in [0.1, 0.15) is 34.5 Å². The van der Waals surface area contributed by atoms with Crippen LogP contribution in [0.3, 0.4) is 0 Å². The third-order valence-electron chi connectivity index (χ3n) is 5.02. The van der Waals surface area contributed by atoms with Crippen molar-refractivity contribution in [3.05, 3.63) is 77.8 Å². The van der Waals surface area contributed by atoms with E-state index >= 15 is 0 Å². The number of rotatable bonds is 8. The summed E-state index contributed by atoms with van der Waals surface area (Å²) >= 11 is 0. The minimum Gasteiger partial charge on any atom is -0.489 e. The van der Waals surface area contributed by atoms with Crippen molar-refractivity contribution in [2.24, 2.45) is 10.9 Å². The highest BCUT2D eigenvalue weighted by Gasteiger charge is 2.23. The summed E-state index contributed by atoms with van der Waals surface area (Å²) in [7, 11) is 0. The van der Waals surface area contributed by atoms with Gasteiger partial charge in [0.2, 0.25) is 5.91 Å². The highest BCUT2D eigenvalue weighted by Crippen LogP contribution is 2.23. The van der Waals surface area contributed by atoms with Crippen LogP contribution in [-0.4, -0.2) is 33.8 Å². The highest BCUT2D eigenvalue weighted by molar-refractivity contribution is 6.01. The zero-order chi connectivity index (χ0) is 22.5. The number of para-hydroxylation sites is 1. The number of ether oxygens (including phenoxy) is 1. The number of carbonyl (C=O) groups is 2. The molecular formula is C23H21N4O5. The third kappa shape index (κ3) is 4.84. The van der Waals surface area contributed by atoms with Crippen LogP contribution in [0, 0.1) is 6.42 Å². The SMILES string of the molecule is NC(=O)c1cc(COc2ccc(C3=NOC([CH]CC(=O)NO)C3)cc2)c2ccccc2n1. The normalized spacial score (nSPS) is 15.2. The molecule has 0 saturated carbocycles. The second-order valence-electron chi connectivity index (χ2n) is 7.22. The van der Waals surface area contributed by atoms with Gasteiger partial charge in [-0.25, -0.2) is 10.5 Å². The molecule has 4 N–H and O–H groups in total. The van der Waals surface area contributed by atoms with E-state index in [1.807, 2.05) is 48.5 Å². The lowest BCUT2D eigenvalue weighted by atomic mass is 10.0. The van der Waals surface area contributed by atoms with Gasteiger partial charge in [-0.3, -0.25) is 14.8 Å². The third-order valence-corrected chi connectivity index (χ3v) is 5.02. The quantitative estimate of drug-likeness (QED) is 0.369. The van der Waals surface area contributed by atoms with Gasteiger partial charge in [-0.15, -0.1) is 0 Å². The van der Waals surface area contributed by atoms with Gasteiger partial charge in [0.05, 0.1) is 11.2 Å². The summed E-state index contributed by atoms with van der Waals surface area (Å²) in [5.74, 6) is -0.445. The second-order valence-corrected chi connectivity index (χ2v) is 7.22. The Hall–Kier alpha value is -3.98. The van der Waals surface area contributed by atoms with Crippen LogP contribution in [-0.2, 0) is 16.2 Å². The summed E-state index contributed by atoms with van der Waals surface area (Å²) in [5, 5.41) is 13.5. The van der Waals surface area contributed by atoms with Gasteiger partial charge in [-0.2, -0.15) is 0 Å². The van der Waals surface area contributed by atoms with Crippen LogP contribution in [0.15, 0.2) is 59.8 Å². The molecule has 1 atom stereocenters. The number of nitrogens with two attached hydrogens (primary N) is 1. The lowest BCUT2D eigenvalue weighted by molar-refractivity contribution is -0.128. The Morgan fingerprint density at radius 1 is 1.22 bits per heavy atom. The molecule has 1 radical (unpaired) electrons. The van der Waals surface area contributed by atoms with Gasteiger partial charge in [-0.1, -0.05) is 23.4 Å². The van der Waals surface area contributed by atoms with Crippen LogP contribution >= 0.6 is 0 Å². The van der Waals surface area contributed by atoms with Gasteiger partial charge in [0.1, 0.15) is 24.2 Å². The minimum absolute atomic E-state index is 0.0396. The Morgan fingerprint density at radius 2 is 2.00 bits per heavy atom. The predicted molar refractivity (Wildman–Crippen MR) is 116 cm³/mol. The fourth-order valence-corrected chi connectivity index (χ4v) is 3.38. The molecular weight excluding hydrogens is 412 g/mol. The molecule has 3 aromatic rings. The van der Waals surface area contributed by atoms with Crippen LogP contribution in [0.2, 0.25) is 0 Å². The largest absolute Gasteiger partial charge is 0.489 e. The van der Waals surface area contributed by atoms with Gasteiger partial charge in [0.25, 0.3) is 5.91 Å². The summed E-state index contributed by atoms with van der Waals surface area (Å²) in [5.41, 5.74) is 10.3. The first kappa shape index (κ1) is 21.3. The number of nitrogens with one attached hydrogen (secondary N) is 1. The Bertz CT molecular complexity index is 1180. The van der Waals surface area contributed by atoms with Gasteiger partial charge >= 0.3 is 0 Å². The van der Waals surface area contributed by atoms with Gasteiger partial charge in [0, 0.05) is 30.2 Å². The number of oxime groups is 1. The Balaban J connectivity index is 1.40. The van der Waals surface area contributed by atoms with E-state index in [1.54, 1.807) is 18.0 Å². The lowest BCUT2D eigenvalue weighted by Crippen LogP contribution is -2.21. The zero-order valence-corrected chi connectivity index (χ0v) is 17.0. The number of hydroxylamine groups is 1. The molecule has 1 aliphatic heterocycles. The number of amides is 2. The molecule has 9 nitrogen and oxygen atoms in total. The van der Waals surface area contributed by atoms with E-state index in [1.165, 1.54) is 0 Å².